The zero-order valence-electron chi connectivity index (χ0n) is 7.28. The van der Waals surface area contributed by atoms with Gasteiger partial charge in [-0.05, 0) is 12.0 Å². The first-order valence-electron chi connectivity index (χ1n) is 3.86. The van der Waals surface area contributed by atoms with Crippen molar-refractivity contribution in [2.24, 2.45) is 18.7 Å². The molecule has 1 heterocycles. The lowest BCUT2D eigenvalue weighted by molar-refractivity contribution is 0.496. The fourth-order valence-corrected chi connectivity index (χ4v) is 0.952. The van der Waals surface area contributed by atoms with Crippen molar-refractivity contribution in [1.29, 1.82) is 0 Å². The Morgan fingerprint density at radius 1 is 1.55 bits per heavy atom. The third-order valence-corrected chi connectivity index (χ3v) is 1.79. The summed E-state index contributed by atoms with van der Waals surface area (Å²) >= 11 is 0. The van der Waals surface area contributed by atoms with Crippen LogP contribution in [0.1, 0.15) is 25.6 Å². The summed E-state index contributed by atoms with van der Waals surface area (Å²) in [4.78, 5) is 0. The van der Waals surface area contributed by atoms with Crippen LogP contribution in [0.15, 0.2) is 12.3 Å². The van der Waals surface area contributed by atoms with Gasteiger partial charge in [-0.2, -0.15) is 5.10 Å². The van der Waals surface area contributed by atoms with Crippen molar-refractivity contribution in [3.05, 3.63) is 18.0 Å². The Hall–Kier alpha value is -0.830. The van der Waals surface area contributed by atoms with Crippen LogP contribution in [0.3, 0.4) is 0 Å². The Labute approximate surface area is 67.2 Å². The molecule has 0 aliphatic rings. The number of nitrogens with zero attached hydrogens (tertiary/aromatic N) is 2. The minimum absolute atomic E-state index is 0.0659. The van der Waals surface area contributed by atoms with Gasteiger partial charge in [-0.1, -0.05) is 13.8 Å². The first-order chi connectivity index (χ1) is 5.11. The molecule has 1 aromatic heterocycles. The molecule has 0 aliphatic heterocycles. The lowest BCUT2D eigenvalue weighted by atomic mass is 10.0. The monoisotopic (exact) mass is 153 g/mol. The number of aryl methyl sites for hydroxylation is 1. The van der Waals surface area contributed by atoms with Crippen molar-refractivity contribution in [3.63, 3.8) is 0 Å². The molecule has 0 amide bonds. The highest BCUT2D eigenvalue weighted by Gasteiger charge is 2.11. The summed E-state index contributed by atoms with van der Waals surface area (Å²) in [6.07, 6.45) is 1.91. The molecule has 1 aromatic rings. The minimum atomic E-state index is 0.0659. The van der Waals surface area contributed by atoms with Crippen LogP contribution in [-0.2, 0) is 7.05 Å². The molecule has 0 spiro atoms. The molecular formula is C8H15N3. The van der Waals surface area contributed by atoms with Gasteiger partial charge in [0.05, 0.1) is 11.7 Å². The number of nitrogens with two attached hydrogens (primary N) is 1. The second-order valence-corrected chi connectivity index (χ2v) is 3.18. The second kappa shape index (κ2) is 3.05. The van der Waals surface area contributed by atoms with Gasteiger partial charge in [-0.3, -0.25) is 4.68 Å². The fraction of sp³-hybridized carbons (Fsp3) is 0.625. The van der Waals surface area contributed by atoms with Gasteiger partial charge in [-0.15, -0.1) is 0 Å². The van der Waals surface area contributed by atoms with Crippen LogP contribution in [0.25, 0.3) is 0 Å². The summed E-state index contributed by atoms with van der Waals surface area (Å²) in [6, 6.07) is 2.03. The molecule has 0 aliphatic carbocycles. The average molecular weight is 153 g/mol. The van der Waals surface area contributed by atoms with Crippen molar-refractivity contribution >= 4 is 0 Å². The maximum atomic E-state index is 5.88. The molecule has 0 radical (unpaired) electrons. The van der Waals surface area contributed by atoms with E-state index in [1.165, 1.54) is 0 Å². The molecular weight excluding hydrogens is 138 g/mol. The van der Waals surface area contributed by atoms with E-state index >= 15 is 0 Å². The quantitative estimate of drug-likeness (QED) is 0.690. The first kappa shape index (κ1) is 8.27. The molecule has 1 rings (SSSR count). The largest absolute Gasteiger partial charge is 0.322 e. The SMILES string of the molecule is CC(C)C(N)c1ccn(C)n1. The van der Waals surface area contributed by atoms with E-state index in [4.69, 9.17) is 5.73 Å². The molecule has 0 aromatic carbocycles. The molecule has 62 valence electrons. The average Bonchev–Trinajstić information content (AvgIpc) is 2.34. The van der Waals surface area contributed by atoms with Crippen molar-refractivity contribution in [3.8, 4) is 0 Å². The van der Waals surface area contributed by atoms with Crippen LogP contribution >= 0.6 is 0 Å². The van der Waals surface area contributed by atoms with Crippen LogP contribution in [0.2, 0.25) is 0 Å². The zero-order chi connectivity index (χ0) is 8.43. The molecule has 3 nitrogen and oxygen atoms in total. The highest BCUT2D eigenvalue weighted by atomic mass is 15.3. The van der Waals surface area contributed by atoms with Crippen LogP contribution in [0.4, 0.5) is 0 Å². The lowest BCUT2D eigenvalue weighted by Crippen LogP contribution is -2.17. The van der Waals surface area contributed by atoms with E-state index in [9.17, 15) is 0 Å². The van der Waals surface area contributed by atoms with Crippen molar-refractivity contribution in [1.82, 2.24) is 9.78 Å². The standard InChI is InChI=1S/C8H15N3/c1-6(2)8(9)7-4-5-11(3)10-7/h4-6,8H,9H2,1-3H3. The van der Waals surface area contributed by atoms with Crippen molar-refractivity contribution in [2.45, 2.75) is 19.9 Å². The summed E-state index contributed by atoms with van der Waals surface area (Å²) in [6.45, 7) is 4.19. The fourth-order valence-electron chi connectivity index (χ4n) is 0.952. The molecule has 3 heteroatoms. The molecule has 0 bridgehead atoms. The van der Waals surface area contributed by atoms with Gasteiger partial charge in [0.25, 0.3) is 0 Å². The van der Waals surface area contributed by atoms with Crippen molar-refractivity contribution in [2.75, 3.05) is 0 Å². The summed E-state index contributed by atoms with van der Waals surface area (Å²) in [5, 5.41) is 4.22. The van der Waals surface area contributed by atoms with E-state index in [0.717, 1.165) is 5.69 Å². The summed E-state index contributed by atoms with van der Waals surface area (Å²) in [5.74, 6) is 0.449. The number of hydrogen-bond acceptors (Lipinski definition) is 2. The molecule has 2 N–H and O–H groups in total. The van der Waals surface area contributed by atoms with Gasteiger partial charge in [0, 0.05) is 13.2 Å². The lowest BCUT2D eigenvalue weighted by Gasteiger charge is -2.11. The van der Waals surface area contributed by atoms with Crippen LogP contribution in [-0.4, -0.2) is 9.78 Å². The van der Waals surface area contributed by atoms with Gasteiger partial charge in [0.15, 0.2) is 0 Å². The third-order valence-electron chi connectivity index (χ3n) is 1.79. The number of rotatable bonds is 2. The van der Waals surface area contributed by atoms with E-state index in [1.807, 2.05) is 19.3 Å². The van der Waals surface area contributed by atoms with E-state index in [1.54, 1.807) is 4.68 Å². The topological polar surface area (TPSA) is 43.8 Å². The van der Waals surface area contributed by atoms with Gasteiger partial charge in [-0.25, -0.2) is 0 Å². The maximum Gasteiger partial charge on any atom is 0.0794 e. The second-order valence-electron chi connectivity index (χ2n) is 3.18. The number of aromatic nitrogens is 2. The third kappa shape index (κ3) is 1.80. The zero-order valence-corrected chi connectivity index (χ0v) is 7.28. The molecule has 0 fully saturated rings. The molecule has 1 unspecified atom stereocenters. The van der Waals surface area contributed by atoms with Crippen LogP contribution in [0, 0.1) is 5.92 Å². The predicted octanol–water partition coefficient (Wildman–Crippen LogP) is 1.08. The molecule has 1 atom stereocenters. The summed E-state index contributed by atoms with van der Waals surface area (Å²) < 4.78 is 1.78. The first-order valence-corrected chi connectivity index (χ1v) is 3.86. The van der Waals surface area contributed by atoms with Gasteiger partial charge >= 0.3 is 0 Å². The summed E-state index contributed by atoms with van der Waals surface area (Å²) in [5.41, 5.74) is 6.85. The van der Waals surface area contributed by atoms with E-state index in [-0.39, 0.29) is 6.04 Å². The van der Waals surface area contributed by atoms with Crippen LogP contribution < -0.4 is 5.73 Å². The predicted molar refractivity (Wildman–Crippen MR) is 45.0 cm³/mol. The molecule has 0 saturated carbocycles. The highest BCUT2D eigenvalue weighted by Crippen LogP contribution is 2.15. The van der Waals surface area contributed by atoms with Crippen molar-refractivity contribution < 1.29 is 0 Å². The summed E-state index contributed by atoms with van der Waals surface area (Å²) in [7, 11) is 1.90. The minimum Gasteiger partial charge on any atom is -0.322 e. The number of hydrogen-bond donors (Lipinski definition) is 1. The Morgan fingerprint density at radius 3 is 2.55 bits per heavy atom. The van der Waals surface area contributed by atoms with Gasteiger partial charge < -0.3 is 5.73 Å². The van der Waals surface area contributed by atoms with E-state index in [2.05, 4.69) is 18.9 Å². The Kier molecular flexibility index (Phi) is 2.29. The van der Waals surface area contributed by atoms with Gasteiger partial charge in [0.1, 0.15) is 0 Å². The maximum absolute atomic E-state index is 5.88. The Balaban J connectivity index is 2.76. The van der Waals surface area contributed by atoms with Crippen LogP contribution in [0.5, 0.6) is 0 Å². The smallest absolute Gasteiger partial charge is 0.0794 e. The van der Waals surface area contributed by atoms with Gasteiger partial charge in [0.2, 0.25) is 0 Å². The van der Waals surface area contributed by atoms with E-state index < -0.39 is 0 Å². The molecule has 11 heavy (non-hydrogen) atoms. The van der Waals surface area contributed by atoms with E-state index in [0.29, 0.717) is 5.92 Å². The molecule has 0 saturated heterocycles. The highest BCUT2D eigenvalue weighted by molar-refractivity contribution is 5.05. The normalized spacial score (nSPS) is 13.9. The Bertz CT molecular complexity index is 227. The Morgan fingerprint density at radius 2 is 2.18 bits per heavy atom.